The number of nitrogens with zero attached hydrogens (tertiary/aromatic N) is 8. The maximum absolute atomic E-state index is 12.2. The molecule has 0 saturated carbocycles. The molecule has 0 radical (unpaired) electrons. The number of hydrogen-bond acceptors (Lipinski definition) is 7. The molecule has 2 N–H and O–H groups in total. The lowest BCUT2D eigenvalue weighted by atomic mass is 10.2. The fourth-order valence-electron chi connectivity index (χ4n) is 2.55. The highest BCUT2D eigenvalue weighted by Crippen LogP contribution is 2.22. The summed E-state index contributed by atoms with van der Waals surface area (Å²) >= 11 is 0. The van der Waals surface area contributed by atoms with Crippen LogP contribution in [0, 0.1) is 0 Å². The number of imidazole rings is 1. The minimum atomic E-state index is -0.238. The monoisotopic (exact) mass is 352 g/mol. The number of fused-ring (bicyclic) bond motifs is 1. The second-order valence-corrected chi connectivity index (χ2v) is 5.62. The Morgan fingerprint density at radius 2 is 2.15 bits per heavy atom. The highest BCUT2D eigenvalue weighted by Gasteiger charge is 2.12. The van der Waals surface area contributed by atoms with Gasteiger partial charge < -0.3 is 10.3 Å². The molecule has 0 saturated heterocycles. The molecule has 0 aromatic carbocycles. The van der Waals surface area contributed by atoms with Gasteiger partial charge in [0.25, 0.3) is 0 Å². The van der Waals surface area contributed by atoms with Crippen LogP contribution in [0.3, 0.4) is 0 Å². The number of aryl methyl sites for hydroxylation is 1. The summed E-state index contributed by atoms with van der Waals surface area (Å²) in [6.45, 7) is 2.79. The van der Waals surface area contributed by atoms with Crippen LogP contribution in [0.25, 0.3) is 22.4 Å². The van der Waals surface area contributed by atoms with Gasteiger partial charge in [-0.25, -0.2) is 15.0 Å². The molecule has 11 nitrogen and oxygen atoms in total. The average Bonchev–Trinajstić information content (AvgIpc) is 3.35. The molecule has 4 heterocycles. The van der Waals surface area contributed by atoms with Gasteiger partial charge in [0.15, 0.2) is 11.5 Å². The van der Waals surface area contributed by atoms with Crippen LogP contribution >= 0.6 is 0 Å². The topological polar surface area (TPSA) is 132 Å². The first kappa shape index (κ1) is 15.9. The number of amides is 1. The van der Waals surface area contributed by atoms with Gasteiger partial charge in [-0.15, -0.1) is 5.10 Å². The van der Waals surface area contributed by atoms with Crippen molar-refractivity contribution in [1.82, 2.24) is 44.7 Å². The van der Waals surface area contributed by atoms with Crippen molar-refractivity contribution in [3.8, 4) is 11.3 Å². The average molecular weight is 352 g/mol. The molecule has 0 bridgehead atoms. The van der Waals surface area contributed by atoms with Crippen molar-refractivity contribution >= 4 is 22.9 Å². The van der Waals surface area contributed by atoms with Crippen LogP contribution in [0.15, 0.2) is 31.2 Å². The van der Waals surface area contributed by atoms with Crippen LogP contribution in [0.4, 0.5) is 5.82 Å². The van der Waals surface area contributed by atoms with E-state index >= 15 is 0 Å². The quantitative estimate of drug-likeness (QED) is 0.526. The zero-order valence-corrected chi connectivity index (χ0v) is 14.0. The largest absolute Gasteiger partial charge is 0.341 e. The Bertz CT molecular complexity index is 1050. The summed E-state index contributed by atoms with van der Waals surface area (Å²) in [6, 6.07) is 0. The third-order valence-electron chi connectivity index (χ3n) is 3.66. The number of rotatable bonds is 6. The van der Waals surface area contributed by atoms with Gasteiger partial charge in [0.05, 0.1) is 25.3 Å². The molecule has 4 aromatic heterocycles. The summed E-state index contributed by atoms with van der Waals surface area (Å²) in [5.41, 5.74) is 2.75. The Labute approximate surface area is 147 Å². The molecule has 0 atom stereocenters. The molecule has 26 heavy (non-hydrogen) atoms. The summed E-state index contributed by atoms with van der Waals surface area (Å²) in [6.07, 6.45) is 8.85. The van der Waals surface area contributed by atoms with Crippen LogP contribution < -0.4 is 5.32 Å². The van der Waals surface area contributed by atoms with E-state index in [-0.39, 0.29) is 12.5 Å². The van der Waals surface area contributed by atoms with E-state index in [0.717, 1.165) is 17.5 Å². The molecule has 4 rings (SSSR count). The van der Waals surface area contributed by atoms with E-state index in [0.29, 0.717) is 23.7 Å². The van der Waals surface area contributed by atoms with Crippen molar-refractivity contribution in [1.29, 1.82) is 0 Å². The molecule has 1 amide bonds. The standard InChI is InChI=1S/C15H16N10O/c1-2-3-25-21-5-11(23-25)22-12(26)7-24-6-10(4-20-24)13-14-15(18-8-16-13)19-9-17-14/h4-6,8-9H,2-3,7H2,1H3,(H,22,23,26)(H,16,17,18,19). The second-order valence-electron chi connectivity index (χ2n) is 5.62. The van der Waals surface area contributed by atoms with Gasteiger partial charge in [-0.2, -0.15) is 15.0 Å². The molecule has 4 aromatic rings. The predicted molar refractivity (Wildman–Crippen MR) is 91.8 cm³/mol. The number of carbonyl (C=O) groups excluding carboxylic acids is 1. The van der Waals surface area contributed by atoms with Gasteiger partial charge in [0, 0.05) is 11.8 Å². The molecule has 0 fully saturated rings. The van der Waals surface area contributed by atoms with Gasteiger partial charge in [-0.05, 0) is 6.42 Å². The molecule has 11 heteroatoms. The smallest absolute Gasteiger partial charge is 0.247 e. The predicted octanol–water partition coefficient (Wildman–Crippen LogP) is 0.857. The molecule has 0 aliphatic heterocycles. The first-order valence-corrected chi connectivity index (χ1v) is 8.10. The number of carbonyl (C=O) groups is 1. The summed E-state index contributed by atoms with van der Waals surface area (Å²) in [7, 11) is 0. The maximum Gasteiger partial charge on any atom is 0.247 e. The maximum atomic E-state index is 12.2. The zero-order valence-electron chi connectivity index (χ0n) is 14.0. The van der Waals surface area contributed by atoms with E-state index in [1.165, 1.54) is 17.2 Å². The van der Waals surface area contributed by atoms with Gasteiger partial charge in [0.1, 0.15) is 24.1 Å². The van der Waals surface area contributed by atoms with Gasteiger partial charge in [-0.3, -0.25) is 9.48 Å². The Kier molecular flexibility index (Phi) is 4.09. The van der Waals surface area contributed by atoms with Crippen LogP contribution in [0.5, 0.6) is 0 Å². The third kappa shape index (κ3) is 3.14. The number of hydrogen-bond donors (Lipinski definition) is 2. The van der Waals surface area contributed by atoms with Crippen LogP contribution in [0.2, 0.25) is 0 Å². The van der Waals surface area contributed by atoms with Gasteiger partial charge >= 0.3 is 0 Å². The Morgan fingerprint density at radius 3 is 3.04 bits per heavy atom. The molecular weight excluding hydrogens is 336 g/mol. The Hall–Kier alpha value is -3.63. The van der Waals surface area contributed by atoms with Gasteiger partial charge in [-0.1, -0.05) is 6.92 Å². The second kappa shape index (κ2) is 6.70. The highest BCUT2D eigenvalue weighted by molar-refractivity contribution is 5.89. The van der Waals surface area contributed by atoms with Crippen molar-refractivity contribution in [2.24, 2.45) is 0 Å². The van der Waals surface area contributed by atoms with Crippen LogP contribution in [-0.2, 0) is 17.9 Å². The van der Waals surface area contributed by atoms with Crippen molar-refractivity contribution in [2.75, 3.05) is 5.32 Å². The van der Waals surface area contributed by atoms with E-state index in [4.69, 9.17) is 0 Å². The van der Waals surface area contributed by atoms with Crippen molar-refractivity contribution in [2.45, 2.75) is 26.4 Å². The molecular formula is C15H16N10O. The Balaban J connectivity index is 1.46. The fourth-order valence-corrected chi connectivity index (χ4v) is 2.55. The molecule has 0 aliphatic carbocycles. The number of aromatic amines is 1. The van der Waals surface area contributed by atoms with Crippen molar-refractivity contribution in [3.05, 3.63) is 31.2 Å². The molecule has 0 spiro atoms. The highest BCUT2D eigenvalue weighted by atomic mass is 16.2. The van der Waals surface area contributed by atoms with E-state index in [1.54, 1.807) is 23.5 Å². The van der Waals surface area contributed by atoms with E-state index < -0.39 is 0 Å². The fraction of sp³-hybridized carbons (Fsp3) is 0.267. The molecule has 0 unspecified atom stereocenters. The number of anilines is 1. The minimum absolute atomic E-state index is 0.0534. The lowest BCUT2D eigenvalue weighted by Gasteiger charge is -2.02. The first-order chi connectivity index (χ1) is 12.7. The lowest BCUT2D eigenvalue weighted by molar-refractivity contribution is -0.116. The number of aromatic nitrogens is 9. The van der Waals surface area contributed by atoms with Crippen molar-refractivity contribution < 1.29 is 4.79 Å². The first-order valence-electron chi connectivity index (χ1n) is 8.10. The zero-order chi connectivity index (χ0) is 17.9. The summed E-state index contributed by atoms with van der Waals surface area (Å²) in [5, 5.41) is 15.2. The van der Waals surface area contributed by atoms with Crippen LogP contribution in [-0.4, -0.2) is 50.6 Å². The van der Waals surface area contributed by atoms with Gasteiger partial charge in [0.2, 0.25) is 5.91 Å². The van der Waals surface area contributed by atoms with E-state index in [9.17, 15) is 4.79 Å². The number of H-pyrrole nitrogens is 1. The van der Waals surface area contributed by atoms with E-state index in [1.807, 2.05) is 6.92 Å². The molecule has 132 valence electrons. The Morgan fingerprint density at radius 1 is 1.23 bits per heavy atom. The van der Waals surface area contributed by atoms with Crippen molar-refractivity contribution in [3.63, 3.8) is 0 Å². The minimum Gasteiger partial charge on any atom is -0.341 e. The van der Waals surface area contributed by atoms with Crippen LogP contribution in [0.1, 0.15) is 13.3 Å². The van der Waals surface area contributed by atoms with E-state index in [2.05, 4.69) is 40.5 Å². The summed E-state index contributed by atoms with van der Waals surface area (Å²) in [5.74, 6) is 0.184. The SMILES string of the molecule is CCCn1ncc(NC(=O)Cn2cc(-c3ncnc4nc[nH]c34)cn2)n1. The summed E-state index contributed by atoms with van der Waals surface area (Å²) < 4.78 is 1.53. The summed E-state index contributed by atoms with van der Waals surface area (Å²) in [4.78, 5) is 29.2. The lowest BCUT2D eigenvalue weighted by Crippen LogP contribution is -2.19. The normalized spacial score (nSPS) is 11.1. The number of nitrogens with one attached hydrogen (secondary N) is 2. The molecule has 0 aliphatic rings. The third-order valence-corrected chi connectivity index (χ3v) is 3.66.